The number of piperidine rings is 1. The highest BCUT2D eigenvalue weighted by atomic mass is 32.2. The maximum Gasteiger partial charge on any atom is 0.232 e. The number of hydrogen-bond donors (Lipinski definition) is 2. The largest absolute Gasteiger partial charge is 0.494 e. The van der Waals surface area contributed by atoms with E-state index in [2.05, 4.69) is 49.5 Å². The molecule has 2 aromatic carbocycles. The lowest BCUT2D eigenvalue weighted by atomic mass is 10.0. The lowest BCUT2D eigenvalue weighted by Crippen LogP contribution is -2.52. The SMILES string of the molecule is COc1cc(N2CCC(N3CCN(C)CC3)CC2)ccc1Nc1nc(Nc2cccc3c2N(S(C)(=O)=O)CC3)c2c(ncn2C)n1. The molecule has 0 bridgehead atoms. The van der Waals surface area contributed by atoms with E-state index in [4.69, 9.17) is 14.7 Å². The number of nitrogens with zero attached hydrogens (tertiary/aromatic N) is 8. The molecule has 0 amide bonds. The third kappa shape index (κ3) is 5.92. The predicted molar refractivity (Wildman–Crippen MR) is 183 cm³/mol. The molecule has 2 saturated heterocycles. The molecule has 3 aliphatic rings. The second kappa shape index (κ2) is 12.2. The van der Waals surface area contributed by atoms with E-state index in [1.165, 1.54) is 10.6 Å². The Labute approximate surface area is 270 Å². The average molecular weight is 647 g/mol. The van der Waals surface area contributed by atoms with E-state index in [1.807, 2.05) is 35.9 Å². The van der Waals surface area contributed by atoms with Crippen LogP contribution in [0.3, 0.4) is 0 Å². The number of sulfonamides is 1. The lowest BCUT2D eigenvalue weighted by molar-refractivity contribution is 0.0982. The highest BCUT2D eigenvalue weighted by molar-refractivity contribution is 7.92. The van der Waals surface area contributed by atoms with Crippen LogP contribution in [-0.4, -0.2) is 110 Å². The smallest absolute Gasteiger partial charge is 0.232 e. The summed E-state index contributed by atoms with van der Waals surface area (Å²) in [5, 5.41) is 6.76. The van der Waals surface area contributed by atoms with Crippen molar-refractivity contribution in [2.24, 2.45) is 7.05 Å². The van der Waals surface area contributed by atoms with Gasteiger partial charge in [0.15, 0.2) is 11.5 Å². The van der Waals surface area contributed by atoms with Gasteiger partial charge in [0.1, 0.15) is 11.3 Å². The minimum Gasteiger partial charge on any atom is -0.494 e. The Hall–Kier alpha value is -4.14. The molecule has 3 aliphatic heterocycles. The summed E-state index contributed by atoms with van der Waals surface area (Å²) in [6, 6.07) is 12.6. The number of fused-ring (bicyclic) bond motifs is 2. The Bertz CT molecular complexity index is 1850. The lowest BCUT2D eigenvalue weighted by Gasteiger charge is -2.42. The zero-order valence-corrected chi connectivity index (χ0v) is 27.7. The van der Waals surface area contributed by atoms with E-state index in [1.54, 1.807) is 13.4 Å². The van der Waals surface area contributed by atoms with Crippen LogP contribution in [0, 0.1) is 0 Å². The third-order valence-corrected chi connectivity index (χ3v) is 10.7. The molecular formula is C32H42N10O3S. The van der Waals surface area contributed by atoms with Gasteiger partial charge in [-0.25, -0.2) is 13.4 Å². The maximum absolute atomic E-state index is 12.6. The first kappa shape index (κ1) is 30.5. The van der Waals surface area contributed by atoms with Crippen molar-refractivity contribution in [3.8, 4) is 5.75 Å². The molecule has 0 spiro atoms. The van der Waals surface area contributed by atoms with Crippen molar-refractivity contribution in [1.29, 1.82) is 0 Å². The van der Waals surface area contributed by atoms with Crippen molar-refractivity contribution in [1.82, 2.24) is 29.3 Å². The average Bonchev–Trinajstić information content (AvgIpc) is 3.66. The van der Waals surface area contributed by atoms with E-state index in [-0.39, 0.29) is 0 Å². The summed E-state index contributed by atoms with van der Waals surface area (Å²) in [7, 11) is 2.32. The number of nitrogens with one attached hydrogen (secondary N) is 2. The number of rotatable bonds is 8. The predicted octanol–water partition coefficient (Wildman–Crippen LogP) is 3.40. The summed E-state index contributed by atoms with van der Waals surface area (Å²) in [5.41, 5.74) is 5.37. The van der Waals surface area contributed by atoms with Gasteiger partial charge in [0.25, 0.3) is 0 Å². The van der Waals surface area contributed by atoms with Crippen LogP contribution >= 0.6 is 0 Å². The highest BCUT2D eigenvalue weighted by Crippen LogP contribution is 2.40. The number of para-hydroxylation sites is 1. The zero-order chi connectivity index (χ0) is 32.0. The van der Waals surface area contributed by atoms with Crippen molar-refractivity contribution in [2.75, 3.05) is 86.1 Å². The molecule has 46 heavy (non-hydrogen) atoms. The first-order valence-electron chi connectivity index (χ1n) is 15.9. The quantitative estimate of drug-likeness (QED) is 0.293. The first-order chi connectivity index (χ1) is 22.2. The van der Waals surface area contributed by atoms with Gasteiger partial charge in [-0.2, -0.15) is 9.97 Å². The highest BCUT2D eigenvalue weighted by Gasteiger charge is 2.30. The van der Waals surface area contributed by atoms with Gasteiger partial charge in [-0.3, -0.25) is 9.21 Å². The Balaban J connectivity index is 1.12. The first-order valence-corrected chi connectivity index (χ1v) is 17.7. The van der Waals surface area contributed by atoms with Gasteiger partial charge in [-0.1, -0.05) is 12.1 Å². The zero-order valence-electron chi connectivity index (χ0n) is 26.9. The van der Waals surface area contributed by atoms with Crippen LogP contribution < -0.4 is 24.6 Å². The summed E-state index contributed by atoms with van der Waals surface area (Å²) in [4.78, 5) is 21.5. The van der Waals surface area contributed by atoms with Crippen molar-refractivity contribution >= 4 is 55.7 Å². The molecule has 13 nitrogen and oxygen atoms in total. The number of imidazole rings is 1. The Kier molecular flexibility index (Phi) is 8.11. The standard InChI is InChI=1S/C32H42N10O3S/c1-38-16-18-41(19-17-38)23-11-13-40(14-12-23)24-8-9-25(27(20-24)45-3)35-32-36-30-29(39(2)21-33-30)31(37-32)34-26-7-5-6-22-10-15-42(28(22)26)46(4,43)44/h5-9,20-21,23H,10-19H2,1-4H3,(H2,34,35,36,37). The van der Waals surface area contributed by atoms with Crippen molar-refractivity contribution in [2.45, 2.75) is 25.3 Å². The van der Waals surface area contributed by atoms with Gasteiger partial charge >= 0.3 is 0 Å². The van der Waals surface area contributed by atoms with Crippen LogP contribution in [0.5, 0.6) is 5.75 Å². The van der Waals surface area contributed by atoms with Crippen LogP contribution in [0.2, 0.25) is 0 Å². The van der Waals surface area contributed by atoms with Crippen LogP contribution in [0.1, 0.15) is 18.4 Å². The van der Waals surface area contributed by atoms with E-state index >= 15 is 0 Å². The molecule has 2 N–H and O–H groups in total. The summed E-state index contributed by atoms with van der Waals surface area (Å²) < 4.78 is 34.3. The summed E-state index contributed by atoms with van der Waals surface area (Å²) in [6.45, 7) is 7.06. The number of likely N-dealkylation sites (N-methyl/N-ethyl adjacent to an activating group) is 1. The number of benzene rings is 2. The van der Waals surface area contributed by atoms with Crippen LogP contribution in [0.15, 0.2) is 42.7 Å². The summed E-state index contributed by atoms with van der Waals surface area (Å²) in [5.74, 6) is 1.56. The molecule has 244 valence electrons. The van der Waals surface area contributed by atoms with Gasteiger partial charge in [-0.05, 0) is 50.1 Å². The van der Waals surface area contributed by atoms with Crippen molar-refractivity contribution in [3.63, 3.8) is 0 Å². The number of methoxy groups -OCH3 is 1. The maximum atomic E-state index is 12.6. The Morgan fingerprint density at radius 1 is 0.913 bits per heavy atom. The van der Waals surface area contributed by atoms with Crippen molar-refractivity contribution < 1.29 is 13.2 Å². The molecule has 2 fully saturated rings. The monoisotopic (exact) mass is 646 g/mol. The number of anilines is 6. The molecule has 0 unspecified atom stereocenters. The normalized spacial score (nSPS) is 18.3. The minimum atomic E-state index is -3.44. The third-order valence-electron chi connectivity index (χ3n) is 9.49. The topological polar surface area (TPSA) is 124 Å². The molecule has 0 aliphatic carbocycles. The number of piperazine rings is 1. The van der Waals surface area contributed by atoms with Gasteiger partial charge in [0.2, 0.25) is 16.0 Å². The number of ether oxygens (including phenoxy) is 1. The van der Waals surface area contributed by atoms with Crippen LogP contribution in [-0.2, 0) is 23.5 Å². The second-order valence-electron chi connectivity index (χ2n) is 12.5. The second-order valence-corrected chi connectivity index (χ2v) is 14.4. The number of aryl methyl sites for hydroxylation is 1. The number of hydrogen-bond acceptors (Lipinski definition) is 11. The molecule has 5 heterocycles. The van der Waals surface area contributed by atoms with Gasteiger partial charge < -0.3 is 29.7 Å². The molecule has 2 aromatic heterocycles. The van der Waals surface area contributed by atoms with Gasteiger partial charge in [0.05, 0.1) is 36.8 Å². The van der Waals surface area contributed by atoms with Gasteiger partial charge in [0, 0.05) is 70.7 Å². The molecule has 7 rings (SSSR count). The fourth-order valence-corrected chi connectivity index (χ4v) is 7.93. The molecule has 0 saturated carbocycles. The Morgan fingerprint density at radius 3 is 2.43 bits per heavy atom. The van der Waals surface area contributed by atoms with E-state index in [0.29, 0.717) is 59.1 Å². The van der Waals surface area contributed by atoms with Crippen LogP contribution in [0.4, 0.5) is 34.5 Å². The van der Waals surface area contributed by atoms with Crippen LogP contribution in [0.25, 0.3) is 11.2 Å². The minimum absolute atomic E-state index is 0.347. The molecule has 0 atom stereocenters. The Morgan fingerprint density at radius 2 is 1.70 bits per heavy atom. The summed E-state index contributed by atoms with van der Waals surface area (Å²) in [6.07, 6.45) is 5.90. The molecular weight excluding hydrogens is 604 g/mol. The van der Waals surface area contributed by atoms with E-state index < -0.39 is 10.0 Å². The molecule has 14 heteroatoms. The van der Waals surface area contributed by atoms with E-state index in [0.717, 1.165) is 69.0 Å². The summed E-state index contributed by atoms with van der Waals surface area (Å²) >= 11 is 0. The van der Waals surface area contributed by atoms with Crippen molar-refractivity contribution in [3.05, 3.63) is 48.3 Å². The fraction of sp³-hybridized carbons (Fsp3) is 0.469. The molecule has 0 radical (unpaired) electrons. The van der Waals surface area contributed by atoms with Gasteiger partial charge in [-0.15, -0.1) is 0 Å². The number of aromatic nitrogens is 4. The molecule has 4 aromatic rings. The fourth-order valence-electron chi connectivity index (χ4n) is 6.96. The van der Waals surface area contributed by atoms with E-state index in [9.17, 15) is 8.42 Å².